The third kappa shape index (κ3) is 3.77. The van der Waals surface area contributed by atoms with Gasteiger partial charge in [-0.05, 0) is 44.2 Å². The normalized spacial score (nSPS) is 20.1. The Morgan fingerprint density at radius 1 is 1.12 bits per heavy atom. The van der Waals surface area contributed by atoms with Crippen molar-refractivity contribution in [3.63, 3.8) is 0 Å². The van der Waals surface area contributed by atoms with Crippen LogP contribution in [-0.4, -0.2) is 44.6 Å². The van der Waals surface area contributed by atoms with E-state index in [9.17, 15) is 14.4 Å². The van der Waals surface area contributed by atoms with Gasteiger partial charge in [0.25, 0.3) is 5.91 Å². The summed E-state index contributed by atoms with van der Waals surface area (Å²) in [6.45, 7) is 3.35. The smallest absolute Gasteiger partial charge is 0.323 e. The zero-order valence-corrected chi connectivity index (χ0v) is 18.5. The molecule has 0 radical (unpaired) electrons. The van der Waals surface area contributed by atoms with Gasteiger partial charge in [0.2, 0.25) is 5.91 Å². The van der Waals surface area contributed by atoms with Gasteiger partial charge < -0.3 is 10.6 Å². The second-order valence-electron chi connectivity index (χ2n) is 8.83. The van der Waals surface area contributed by atoms with Crippen molar-refractivity contribution in [2.24, 2.45) is 5.92 Å². The van der Waals surface area contributed by atoms with Crippen LogP contribution in [0.5, 0.6) is 0 Å². The Morgan fingerprint density at radius 2 is 1.82 bits per heavy atom. The van der Waals surface area contributed by atoms with E-state index in [0.29, 0.717) is 11.5 Å². The molecule has 1 unspecified atom stereocenters. The van der Waals surface area contributed by atoms with Gasteiger partial charge in [0.1, 0.15) is 17.9 Å². The lowest BCUT2D eigenvalue weighted by molar-refractivity contribution is -0.134. The molecule has 1 saturated carbocycles. The Kier molecular flexibility index (Phi) is 5.00. The van der Waals surface area contributed by atoms with Gasteiger partial charge in [-0.25, -0.2) is 9.48 Å². The highest BCUT2D eigenvalue weighted by Crippen LogP contribution is 2.42. The molecule has 2 N–H and O–H groups in total. The summed E-state index contributed by atoms with van der Waals surface area (Å²) in [6.07, 6.45) is 1.81. The van der Waals surface area contributed by atoms with Crippen molar-refractivity contribution >= 4 is 23.7 Å². The van der Waals surface area contributed by atoms with Gasteiger partial charge in [-0.2, -0.15) is 5.10 Å². The molecule has 1 atom stereocenters. The number of imide groups is 1. The Hall–Kier alpha value is -3.94. The van der Waals surface area contributed by atoms with E-state index in [1.165, 1.54) is 0 Å². The van der Waals surface area contributed by atoms with Gasteiger partial charge in [0.15, 0.2) is 0 Å². The fourth-order valence-electron chi connectivity index (χ4n) is 4.33. The Labute approximate surface area is 191 Å². The van der Waals surface area contributed by atoms with Crippen molar-refractivity contribution in [3.8, 4) is 16.9 Å². The molecule has 8 heteroatoms. The van der Waals surface area contributed by atoms with Crippen LogP contribution in [0.4, 0.5) is 10.6 Å². The third-order valence-electron chi connectivity index (χ3n) is 6.39. The Balaban J connectivity index is 1.42. The molecular formula is C25H25N5O3. The molecule has 2 heterocycles. The number of rotatable bonds is 6. The van der Waals surface area contributed by atoms with Crippen LogP contribution in [0.3, 0.4) is 0 Å². The van der Waals surface area contributed by atoms with Crippen LogP contribution >= 0.6 is 0 Å². The van der Waals surface area contributed by atoms with Crippen LogP contribution in [0.2, 0.25) is 0 Å². The standard InChI is InChI=1S/C25H25N5O3/c1-16-8-6-7-11-20(16)30-21(14-19(28-30)17-9-4-3-5-10-17)26-22(31)15-29-23(32)25(2,18-12-13-18)27-24(29)33/h3-11,14,18H,12-13,15H2,1-2H3,(H,26,31)(H,27,33). The van der Waals surface area contributed by atoms with E-state index in [1.807, 2.05) is 61.5 Å². The largest absolute Gasteiger partial charge is 0.325 e. The van der Waals surface area contributed by atoms with Gasteiger partial charge in [-0.15, -0.1) is 0 Å². The number of aryl methyl sites for hydroxylation is 1. The number of nitrogens with zero attached hydrogens (tertiary/aromatic N) is 3. The van der Waals surface area contributed by atoms with Crippen molar-refractivity contribution < 1.29 is 14.4 Å². The van der Waals surface area contributed by atoms with Crippen molar-refractivity contribution in [1.82, 2.24) is 20.0 Å². The van der Waals surface area contributed by atoms with Gasteiger partial charge in [0, 0.05) is 11.6 Å². The van der Waals surface area contributed by atoms with Crippen LogP contribution in [0.25, 0.3) is 16.9 Å². The highest BCUT2D eigenvalue weighted by atomic mass is 16.2. The van der Waals surface area contributed by atoms with Crippen molar-refractivity contribution in [1.29, 1.82) is 0 Å². The molecular weight excluding hydrogens is 418 g/mol. The predicted molar refractivity (Wildman–Crippen MR) is 124 cm³/mol. The van der Waals surface area contributed by atoms with E-state index in [2.05, 4.69) is 10.6 Å². The maximum atomic E-state index is 12.9. The summed E-state index contributed by atoms with van der Waals surface area (Å²) in [5.74, 6) is -0.210. The summed E-state index contributed by atoms with van der Waals surface area (Å²) in [6, 6.07) is 18.7. The molecule has 0 bridgehead atoms. The van der Waals surface area contributed by atoms with E-state index in [0.717, 1.165) is 34.6 Å². The first-order valence-electron chi connectivity index (χ1n) is 11.0. The fraction of sp³-hybridized carbons (Fsp3) is 0.280. The highest BCUT2D eigenvalue weighted by Gasteiger charge is 2.56. The van der Waals surface area contributed by atoms with Gasteiger partial charge in [-0.1, -0.05) is 48.5 Å². The van der Waals surface area contributed by atoms with Gasteiger partial charge >= 0.3 is 6.03 Å². The number of hydrogen-bond donors (Lipinski definition) is 2. The average Bonchev–Trinajstić information content (AvgIpc) is 3.55. The van der Waals surface area contributed by atoms with Crippen LogP contribution < -0.4 is 10.6 Å². The zero-order valence-electron chi connectivity index (χ0n) is 18.5. The number of aromatic nitrogens is 2. The second kappa shape index (κ2) is 7.88. The lowest BCUT2D eigenvalue weighted by Crippen LogP contribution is -2.46. The molecule has 8 nitrogen and oxygen atoms in total. The van der Waals surface area contributed by atoms with Crippen LogP contribution in [0, 0.1) is 12.8 Å². The number of anilines is 1. The number of carbonyl (C=O) groups excluding carboxylic acids is 3. The molecule has 1 aliphatic heterocycles. The van der Waals surface area contributed by atoms with Crippen molar-refractivity contribution in [2.45, 2.75) is 32.2 Å². The topological polar surface area (TPSA) is 96.3 Å². The summed E-state index contributed by atoms with van der Waals surface area (Å²) < 4.78 is 1.68. The maximum absolute atomic E-state index is 12.9. The Bertz CT molecular complexity index is 1250. The van der Waals surface area contributed by atoms with Crippen LogP contribution in [0.15, 0.2) is 60.7 Å². The number of benzene rings is 2. The first-order chi connectivity index (χ1) is 15.9. The SMILES string of the molecule is Cc1ccccc1-n1nc(-c2ccccc2)cc1NC(=O)CN1C(=O)NC(C)(C2CC2)C1=O. The third-order valence-corrected chi connectivity index (χ3v) is 6.39. The molecule has 5 rings (SSSR count). The number of amides is 4. The lowest BCUT2D eigenvalue weighted by Gasteiger charge is -2.20. The number of hydrogen-bond acceptors (Lipinski definition) is 4. The monoisotopic (exact) mass is 443 g/mol. The first-order valence-corrected chi connectivity index (χ1v) is 11.0. The molecule has 1 saturated heterocycles. The van der Waals surface area contributed by atoms with Crippen molar-refractivity contribution in [3.05, 3.63) is 66.2 Å². The van der Waals surface area contributed by atoms with E-state index in [1.54, 1.807) is 17.7 Å². The second-order valence-corrected chi connectivity index (χ2v) is 8.83. The number of nitrogens with one attached hydrogen (secondary N) is 2. The van der Waals surface area contributed by atoms with E-state index < -0.39 is 17.5 Å². The maximum Gasteiger partial charge on any atom is 0.325 e. The molecule has 2 aliphatic rings. The molecule has 4 amide bonds. The predicted octanol–water partition coefficient (Wildman–Crippen LogP) is 3.51. The van der Waals surface area contributed by atoms with E-state index >= 15 is 0 Å². The summed E-state index contributed by atoms with van der Waals surface area (Å²) in [4.78, 5) is 39.3. The average molecular weight is 444 g/mol. The molecule has 3 aromatic rings. The summed E-state index contributed by atoms with van der Waals surface area (Å²) in [5, 5.41) is 10.3. The first kappa shape index (κ1) is 20.9. The quantitative estimate of drug-likeness (QED) is 0.570. The molecule has 2 fully saturated rings. The molecule has 2 aromatic carbocycles. The minimum absolute atomic E-state index is 0.137. The van der Waals surface area contributed by atoms with E-state index in [4.69, 9.17) is 5.10 Å². The summed E-state index contributed by atoms with van der Waals surface area (Å²) in [7, 11) is 0. The number of carbonyl (C=O) groups is 3. The number of urea groups is 1. The summed E-state index contributed by atoms with van der Waals surface area (Å²) in [5.41, 5.74) is 2.51. The van der Waals surface area contributed by atoms with Crippen LogP contribution in [-0.2, 0) is 9.59 Å². The fourth-order valence-corrected chi connectivity index (χ4v) is 4.33. The molecule has 33 heavy (non-hydrogen) atoms. The highest BCUT2D eigenvalue weighted by molar-refractivity contribution is 6.10. The van der Waals surface area contributed by atoms with Gasteiger partial charge in [-0.3, -0.25) is 14.5 Å². The minimum Gasteiger partial charge on any atom is -0.323 e. The van der Waals surface area contributed by atoms with Gasteiger partial charge in [0.05, 0.1) is 11.4 Å². The zero-order chi connectivity index (χ0) is 23.2. The molecule has 168 valence electrons. The molecule has 1 aliphatic carbocycles. The van der Waals surface area contributed by atoms with Crippen LogP contribution in [0.1, 0.15) is 25.3 Å². The molecule has 0 spiro atoms. The lowest BCUT2D eigenvalue weighted by atomic mass is 9.96. The Morgan fingerprint density at radius 3 is 2.52 bits per heavy atom. The minimum atomic E-state index is -0.916. The molecule has 1 aromatic heterocycles. The number of para-hydroxylation sites is 1. The summed E-state index contributed by atoms with van der Waals surface area (Å²) >= 11 is 0. The van der Waals surface area contributed by atoms with Crippen molar-refractivity contribution in [2.75, 3.05) is 11.9 Å². The van der Waals surface area contributed by atoms with E-state index in [-0.39, 0.29) is 18.4 Å².